The first-order chi connectivity index (χ1) is 11.0. The minimum atomic E-state index is -0.145. The zero-order valence-electron chi connectivity index (χ0n) is 14.1. The van der Waals surface area contributed by atoms with Crippen LogP contribution in [0.3, 0.4) is 0 Å². The summed E-state index contributed by atoms with van der Waals surface area (Å²) in [5.41, 5.74) is 2.97. The molecular weight excluding hydrogens is 307 g/mol. The van der Waals surface area contributed by atoms with Gasteiger partial charge in [0.1, 0.15) is 5.75 Å². The molecule has 0 amide bonds. The molecule has 0 radical (unpaired) electrons. The van der Waals surface area contributed by atoms with E-state index < -0.39 is 0 Å². The van der Waals surface area contributed by atoms with Crippen LogP contribution in [0.2, 0.25) is 0 Å². The maximum atomic E-state index is 11.3. The Hall–Kier alpha value is -1.70. The van der Waals surface area contributed by atoms with Gasteiger partial charge in [0.15, 0.2) is 13.1 Å². The van der Waals surface area contributed by atoms with Gasteiger partial charge in [0.05, 0.1) is 0 Å². The summed E-state index contributed by atoms with van der Waals surface area (Å²) < 4.78 is 10.9. The molecule has 2 aromatic carbocycles. The van der Waals surface area contributed by atoms with Crippen molar-refractivity contribution >= 4 is 20.2 Å². The molecule has 1 unspecified atom stereocenters. The highest BCUT2D eigenvalue weighted by Gasteiger charge is 2.26. The van der Waals surface area contributed by atoms with Gasteiger partial charge in [-0.3, -0.25) is 4.79 Å². The predicted octanol–water partition coefficient (Wildman–Crippen LogP) is 4.03. The van der Waals surface area contributed by atoms with Gasteiger partial charge in [-0.15, -0.1) is 0 Å². The summed E-state index contributed by atoms with van der Waals surface area (Å²) in [4.78, 5) is 11.3. The van der Waals surface area contributed by atoms with E-state index in [0.29, 0.717) is 8.58 Å². The number of ether oxygens (including phenoxy) is 2. The maximum absolute atomic E-state index is 11.3. The third-order valence-corrected chi connectivity index (χ3v) is 5.36. The van der Waals surface area contributed by atoms with Gasteiger partial charge in [0.2, 0.25) is 0 Å². The molecule has 0 spiro atoms. The van der Waals surface area contributed by atoms with Gasteiger partial charge >= 0.3 is 0 Å². The number of hydrogen-bond acceptors (Lipinski definition) is 3. The van der Waals surface area contributed by atoms with E-state index in [1.807, 2.05) is 43.3 Å². The van der Waals surface area contributed by atoms with Gasteiger partial charge in [-0.25, -0.2) is 0 Å². The monoisotopic (exact) mass is 330 g/mol. The van der Waals surface area contributed by atoms with E-state index in [-0.39, 0.29) is 11.9 Å². The molecular formula is C19H23O3P. The fraction of sp³-hybridized carbons (Fsp3) is 0.316. The van der Waals surface area contributed by atoms with Gasteiger partial charge in [-0.1, -0.05) is 64.9 Å². The van der Waals surface area contributed by atoms with Crippen molar-refractivity contribution in [1.29, 1.82) is 0 Å². The Morgan fingerprint density at radius 3 is 2.57 bits per heavy atom. The lowest BCUT2D eigenvalue weighted by molar-refractivity contribution is 0.0496. The molecule has 0 saturated heterocycles. The number of aryl methyl sites for hydroxylation is 1. The maximum Gasteiger partial charge on any atom is 0.188 e. The highest BCUT2D eigenvalue weighted by molar-refractivity contribution is 7.48. The molecule has 23 heavy (non-hydrogen) atoms. The lowest BCUT2D eigenvalue weighted by atomic mass is 9.98. The zero-order valence-corrected chi connectivity index (χ0v) is 15.1. The normalized spacial score (nSPS) is 11.8. The molecule has 0 aliphatic carbocycles. The lowest BCUT2D eigenvalue weighted by Crippen LogP contribution is -2.19. The SMILES string of the molecule is COCOc1c(C)cccc1C(C)(C)Pc1ccccc1C=O. The van der Waals surface area contributed by atoms with E-state index in [2.05, 4.69) is 19.9 Å². The summed E-state index contributed by atoms with van der Waals surface area (Å²) in [6.45, 7) is 6.62. The topological polar surface area (TPSA) is 35.5 Å². The molecule has 122 valence electrons. The number of rotatable bonds is 7. The van der Waals surface area contributed by atoms with Gasteiger partial charge in [0, 0.05) is 23.4 Å². The molecule has 0 aromatic heterocycles. The summed E-state index contributed by atoms with van der Waals surface area (Å²) in [5, 5.41) is 0.931. The third kappa shape index (κ3) is 4.19. The molecule has 1 atom stereocenters. The summed E-state index contributed by atoms with van der Waals surface area (Å²) >= 11 is 0. The largest absolute Gasteiger partial charge is 0.467 e. The van der Waals surface area contributed by atoms with Crippen LogP contribution in [-0.4, -0.2) is 20.2 Å². The molecule has 4 heteroatoms. The number of methoxy groups -OCH3 is 1. The Bertz CT molecular complexity index is 680. The average Bonchev–Trinajstić information content (AvgIpc) is 2.53. The van der Waals surface area contributed by atoms with Crippen LogP contribution in [0.5, 0.6) is 5.75 Å². The first-order valence-electron chi connectivity index (χ1n) is 7.54. The number of hydrogen-bond donors (Lipinski definition) is 0. The van der Waals surface area contributed by atoms with Crippen LogP contribution >= 0.6 is 8.58 Å². The van der Waals surface area contributed by atoms with Crippen molar-refractivity contribution in [1.82, 2.24) is 0 Å². The molecule has 3 nitrogen and oxygen atoms in total. The van der Waals surface area contributed by atoms with Crippen LogP contribution < -0.4 is 10.0 Å². The van der Waals surface area contributed by atoms with Crippen molar-refractivity contribution in [3.63, 3.8) is 0 Å². The minimum absolute atomic E-state index is 0.145. The lowest BCUT2D eigenvalue weighted by Gasteiger charge is -2.29. The third-order valence-electron chi connectivity index (χ3n) is 3.74. The molecule has 0 aliphatic rings. The van der Waals surface area contributed by atoms with E-state index in [4.69, 9.17) is 9.47 Å². The standard InChI is InChI=1S/C19H23O3P/c1-14-8-7-10-16(18(14)22-13-21-4)19(2,3)23-17-11-6-5-9-15(17)12-20/h5-12,23H,13H2,1-4H3. The number of aldehydes is 1. The van der Waals surface area contributed by atoms with E-state index in [1.54, 1.807) is 7.11 Å². The van der Waals surface area contributed by atoms with E-state index >= 15 is 0 Å². The number of carbonyl (C=O) groups is 1. The van der Waals surface area contributed by atoms with Crippen molar-refractivity contribution in [2.45, 2.75) is 25.9 Å². The van der Waals surface area contributed by atoms with E-state index in [9.17, 15) is 4.79 Å². The Kier molecular flexibility index (Phi) is 5.92. The average molecular weight is 330 g/mol. The Morgan fingerprint density at radius 1 is 1.13 bits per heavy atom. The smallest absolute Gasteiger partial charge is 0.188 e. The summed E-state index contributed by atoms with van der Waals surface area (Å²) in [6, 6.07) is 13.9. The van der Waals surface area contributed by atoms with Crippen LogP contribution in [0.1, 0.15) is 35.3 Å². The highest BCUT2D eigenvalue weighted by atomic mass is 31.1. The summed E-state index contributed by atoms with van der Waals surface area (Å²) in [6.07, 6.45) is 0.928. The molecule has 0 bridgehead atoms. The fourth-order valence-corrected chi connectivity index (χ4v) is 4.04. The van der Waals surface area contributed by atoms with Crippen molar-refractivity contribution in [3.8, 4) is 5.75 Å². The van der Waals surface area contributed by atoms with Crippen molar-refractivity contribution in [2.24, 2.45) is 0 Å². The molecule has 2 aromatic rings. The summed E-state index contributed by atoms with van der Waals surface area (Å²) in [5.74, 6) is 0.871. The van der Waals surface area contributed by atoms with E-state index in [1.165, 1.54) is 0 Å². The summed E-state index contributed by atoms with van der Waals surface area (Å²) in [7, 11) is 2.08. The number of carbonyl (C=O) groups excluding carboxylic acids is 1. The first kappa shape index (κ1) is 17.7. The van der Waals surface area contributed by atoms with Gasteiger partial charge < -0.3 is 9.47 Å². The van der Waals surface area contributed by atoms with Crippen LogP contribution in [0, 0.1) is 6.92 Å². The van der Waals surface area contributed by atoms with Gasteiger partial charge in [0.25, 0.3) is 0 Å². The van der Waals surface area contributed by atoms with Crippen LogP contribution in [0.4, 0.5) is 0 Å². The molecule has 0 saturated carbocycles. The van der Waals surface area contributed by atoms with Crippen LogP contribution in [0.25, 0.3) is 0 Å². The first-order valence-corrected chi connectivity index (χ1v) is 8.54. The molecule has 0 N–H and O–H groups in total. The van der Waals surface area contributed by atoms with Gasteiger partial charge in [-0.2, -0.15) is 0 Å². The molecule has 0 fully saturated rings. The van der Waals surface area contributed by atoms with Crippen LogP contribution in [-0.2, 0) is 9.89 Å². The second kappa shape index (κ2) is 7.72. The van der Waals surface area contributed by atoms with Crippen molar-refractivity contribution in [2.75, 3.05) is 13.9 Å². The highest BCUT2D eigenvalue weighted by Crippen LogP contribution is 2.45. The zero-order chi connectivity index (χ0) is 16.9. The fourth-order valence-electron chi connectivity index (χ4n) is 2.57. The Balaban J connectivity index is 2.39. The van der Waals surface area contributed by atoms with Crippen molar-refractivity contribution in [3.05, 3.63) is 59.2 Å². The Labute approximate surface area is 139 Å². The molecule has 2 rings (SSSR count). The second-order valence-corrected chi connectivity index (χ2v) is 8.00. The number of para-hydroxylation sites is 1. The van der Waals surface area contributed by atoms with E-state index in [0.717, 1.165) is 34.0 Å². The Morgan fingerprint density at radius 2 is 1.87 bits per heavy atom. The van der Waals surface area contributed by atoms with Crippen LogP contribution in [0.15, 0.2) is 42.5 Å². The number of benzene rings is 2. The molecule has 0 heterocycles. The predicted molar refractivity (Wildman–Crippen MR) is 96.5 cm³/mol. The quantitative estimate of drug-likeness (QED) is 0.437. The van der Waals surface area contributed by atoms with Crippen molar-refractivity contribution < 1.29 is 14.3 Å². The molecule has 0 aliphatic heterocycles. The van der Waals surface area contributed by atoms with Gasteiger partial charge in [-0.05, 0) is 17.8 Å². The second-order valence-electron chi connectivity index (χ2n) is 5.96. The minimum Gasteiger partial charge on any atom is -0.467 e.